The molecule has 0 bridgehead atoms. The number of hydrogen-bond acceptors (Lipinski definition) is 2. The zero-order valence-electron chi connectivity index (χ0n) is 13.0. The second-order valence-corrected chi connectivity index (χ2v) is 5.55. The minimum Gasteiger partial charge on any atom is -0.356 e. The molecule has 118 valence electrons. The summed E-state index contributed by atoms with van der Waals surface area (Å²) in [5, 5.41) is 6.74. The number of likely N-dealkylation sites (N-methyl/N-ethyl adjacent to an activating group) is 1. The molecular weight excluding hydrogens is 375 g/mol. The number of rotatable bonds is 7. The highest BCUT2D eigenvalue weighted by atomic mass is 127. The Morgan fingerprint density at radius 1 is 1.24 bits per heavy atom. The smallest absolute Gasteiger partial charge is 0.191 e. The van der Waals surface area contributed by atoms with E-state index in [-0.39, 0.29) is 24.0 Å². The van der Waals surface area contributed by atoms with Crippen LogP contribution in [0.25, 0.3) is 0 Å². The number of halogens is 1. The predicted octanol–water partition coefficient (Wildman–Crippen LogP) is 2.31. The van der Waals surface area contributed by atoms with Crippen molar-refractivity contribution in [2.75, 3.05) is 33.7 Å². The minimum atomic E-state index is 0. The average Bonchev–Trinajstić information content (AvgIpc) is 3.28. The van der Waals surface area contributed by atoms with Crippen molar-refractivity contribution in [1.29, 1.82) is 0 Å². The molecule has 1 aliphatic carbocycles. The lowest BCUT2D eigenvalue weighted by Gasteiger charge is -2.18. The first-order valence-corrected chi connectivity index (χ1v) is 7.45. The van der Waals surface area contributed by atoms with Crippen LogP contribution in [0.4, 0.5) is 0 Å². The van der Waals surface area contributed by atoms with Gasteiger partial charge in [-0.15, -0.1) is 24.0 Å². The Kier molecular flexibility index (Phi) is 8.68. The van der Waals surface area contributed by atoms with Gasteiger partial charge in [0.1, 0.15) is 0 Å². The molecule has 1 aliphatic rings. The van der Waals surface area contributed by atoms with E-state index in [1.165, 1.54) is 18.4 Å². The van der Waals surface area contributed by atoms with E-state index in [1.54, 1.807) is 0 Å². The summed E-state index contributed by atoms with van der Waals surface area (Å²) < 4.78 is 0. The van der Waals surface area contributed by atoms with Gasteiger partial charge in [-0.25, -0.2) is 0 Å². The Morgan fingerprint density at radius 3 is 2.57 bits per heavy atom. The summed E-state index contributed by atoms with van der Waals surface area (Å²) in [6.07, 6.45) is 2.73. The second kappa shape index (κ2) is 10.00. The van der Waals surface area contributed by atoms with Crippen LogP contribution in [-0.4, -0.2) is 44.6 Å². The minimum absolute atomic E-state index is 0. The fourth-order valence-corrected chi connectivity index (χ4v) is 2.12. The van der Waals surface area contributed by atoms with E-state index in [2.05, 4.69) is 57.9 Å². The summed E-state index contributed by atoms with van der Waals surface area (Å²) in [6.45, 7) is 3.95. The molecule has 0 spiro atoms. The van der Waals surface area contributed by atoms with Crippen molar-refractivity contribution in [3.8, 4) is 0 Å². The van der Waals surface area contributed by atoms with Gasteiger partial charge in [-0.2, -0.15) is 0 Å². The number of guanidine groups is 1. The van der Waals surface area contributed by atoms with Crippen LogP contribution >= 0.6 is 24.0 Å². The zero-order valence-corrected chi connectivity index (χ0v) is 15.3. The molecule has 2 N–H and O–H groups in total. The first-order chi connectivity index (χ1) is 9.78. The molecule has 0 atom stereocenters. The standard InChI is InChI=1S/C16H26N4.HI/c1-17-16(19-12-14-8-9-14)18-10-11-20(2)13-15-6-4-3-5-7-15;/h3-7,14H,8-13H2,1-2H3,(H2,17,18,19);1H. The van der Waals surface area contributed by atoms with Gasteiger partial charge in [-0.3, -0.25) is 4.99 Å². The van der Waals surface area contributed by atoms with E-state index >= 15 is 0 Å². The van der Waals surface area contributed by atoms with Gasteiger partial charge in [0.25, 0.3) is 0 Å². The Bertz CT molecular complexity index is 418. The zero-order chi connectivity index (χ0) is 14.2. The van der Waals surface area contributed by atoms with Crippen LogP contribution in [0.3, 0.4) is 0 Å². The SMILES string of the molecule is CN=C(NCCN(C)Cc1ccccc1)NCC1CC1.I. The largest absolute Gasteiger partial charge is 0.356 e. The molecule has 0 heterocycles. The summed E-state index contributed by atoms with van der Waals surface area (Å²) in [6, 6.07) is 10.6. The maximum Gasteiger partial charge on any atom is 0.191 e. The maximum atomic E-state index is 4.24. The monoisotopic (exact) mass is 402 g/mol. The van der Waals surface area contributed by atoms with E-state index in [0.29, 0.717) is 0 Å². The van der Waals surface area contributed by atoms with Crippen molar-refractivity contribution in [1.82, 2.24) is 15.5 Å². The molecule has 21 heavy (non-hydrogen) atoms. The molecule has 0 amide bonds. The third kappa shape index (κ3) is 7.66. The predicted molar refractivity (Wildman–Crippen MR) is 100 cm³/mol. The normalized spacial score (nSPS) is 14.7. The molecule has 1 fully saturated rings. The maximum absolute atomic E-state index is 4.24. The van der Waals surface area contributed by atoms with Crippen molar-refractivity contribution in [2.24, 2.45) is 10.9 Å². The van der Waals surface area contributed by atoms with Crippen molar-refractivity contribution in [3.63, 3.8) is 0 Å². The lowest BCUT2D eigenvalue weighted by molar-refractivity contribution is 0.331. The Morgan fingerprint density at radius 2 is 1.95 bits per heavy atom. The third-order valence-electron chi connectivity index (χ3n) is 3.56. The lowest BCUT2D eigenvalue weighted by Crippen LogP contribution is -2.41. The molecule has 0 saturated heterocycles. The number of nitrogens with one attached hydrogen (secondary N) is 2. The Balaban J connectivity index is 0.00000220. The van der Waals surface area contributed by atoms with E-state index in [1.807, 2.05) is 7.05 Å². The first kappa shape index (κ1) is 18.2. The summed E-state index contributed by atoms with van der Waals surface area (Å²) >= 11 is 0. The molecule has 1 aromatic carbocycles. The fourth-order valence-electron chi connectivity index (χ4n) is 2.12. The van der Waals surface area contributed by atoms with Crippen LogP contribution in [-0.2, 0) is 6.54 Å². The number of aliphatic imine (C=N–C) groups is 1. The fraction of sp³-hybridized carbons (Fsp3) is 0.562. The lowest BCUT2D eigenvalue weighted by atomic mass is 10.2. The average molecular weight is 402 g/mol. The Hall–Kier alpha value is -0.820. The van der Waals surface area contributed by atoms with Gasteiger partial charge in [0.2, 0.25) is 0 Å². The van der Waals surface area contributed by atoms with Gasteiger partial charge in [0, 0.05) is 33.2 Å². The summed E-state index contributed by atoms with van der Waals surface area (Å²) in [7, 11) is 3.98. The van der Waals surface area contributed by atoms with Crippen molar-refractivity contribution < 1.29 is 0 Å². The number of nitrogens with zero attached hydrogens (tertiary/aromatic N) is 2. The number of benzene rings is 1. The first-order valence-electron chi connectivity index (χ1n) is 7.45. The number of hydrogen-bond donors (Lipinski definition) is 2. The summed E-state index contributed by atoms with van der Waals surface area (Å²) in [5.41, 5.74) is 1.35. The summed E-state index contributed by atoms with van der Waals surface area (Å²) in [5.74, 6) is 1.79. The van der Waals surface area contributed by atoms with E-state index in [0.717, 1.165) is 38.1 Å². The van der Waals surface area contributed by atoms with Crippen LogP contribution in [0.1, 0.15) is 18.4 Å². The van der Waals surface area contributed by atoms with Gasteiger partial charge >= 0.3 is 0 Å². The molecule has 0 aromatic heterocycles. The van der Waals surface area contributed by atoms with Gasteiger partial charge in [0.05, 0.1) is 0 Å². The topological polar surface area (TPSA) is 39.7 Å². The molecule has 0 radical (unpaired) electrons. The highest BCUT2D eigenvalue weighted by Gasteiger charge is 2.20. The van der Waals surface area contributed by atoms with Crippen molar-refractivity contribution in [2.45, 2.75) is 19.4 Å². The van der Waals surface area contributed by atoms with Crippen molar-refractivity contribution in [3.05, 3.63) is 35.9 Å². The van der Waals surface area contributed by atoms with Crippen molar-refractivity contribution >= 4 is 29.9 Å². The Labute approximate surface area is 145 Å². The highest BCUT2D eigenvalue weighted by Crippen LogP contribution is 2.27. The molecule has 1 aromatic rings. The highest BCUT2D eigenvalue weighted by molar-refractivity contribution is 14.0. The molecule has 2 rings (SSSR count). The van der Waals surface area contributed by atoms with E-state index in [9.17, 15) is 0 Å². The molecule has 0 aliphatic heterocycles. The van der Waals surface area contributed by atoms with Crippen LogP contribution in [0.5, 0.6) is 0 Å². The molecule has 4 nitrogen and oxygen atoms in total. The quantitative estimate of drug-likeness (QED) is 0.418. The van der Waals surface area contributed by atoms with E-state index < -0.39 is 0 Å². The van der Waals surface area contributed by atoms with Crippen LogP contribution in [0.15, 0.2) is 35.3 Å². The molecule has 0 unspecified atom stereocenters. The van der Waals surface area contributed by atoms with Gasteiger partial charge in [0.15, 0.2) is 5.96 Å². The van der Waals surface area contributed by atoms with Crippen LogP contribution in [0, 0.1) is 5.92 Å². The van der Waals surface area contributed by atoms with Crippen LogP contribution < -0.4 is 10.6 Å². The summed E-state index contributed by atoms with van der Waals surface area (Å²) in [4.78, 5) is 6.56. The van der Waals surface area contributed by atoms with E-state index in [4.69, 9.17) is 0 Å². The van der Waals surface area contributed by atoms with Crippen LogP contribution in [0.2, 0.25) is 0 Å². The van der Waals surface area contributed by atoms with Gasteiger partial charge < -0.3 is 15.5 Å². The third-order valence-corrected chi connectivity index (χ3v) is 3.56. The molecular formula is C16H27IN4. The molecule has 5 heteroatoms. The van der Waals surface area contributed by atoms with Gasteiger partial charge in [-0.05, 0) is 31.4 Å². The van der Waals surface area contributed by atoms with Gasteiger partial charge in [-0.1, -0.05) is 30.3 Å². The molecule has 1 saturated carbocycles. The second-order valence-electron chi connectivity index (χ2n) is 5.55.